The fourth-order valence-electron chi connectivity index (χ4n) is 4.28. The van der Waals surface area contributed by atoms with Crippen LogP contribution in [0.2, 0.25) is 0 Å². The Kier molecular flexibility index (Phi) is 5.59. The van der Waals surface area contributed by atoms with Crippen molar-refractivity contribution in [3.63, 3.8) is 0 Å². The Morgan fingerprint density at radius 2 is 1.88 bits per heavy atom. The summed E-state index contributed by atoms with van der Waals surface area (Å²) in [5.74, 6) is 0.678. The van der Waals surface area contributed by atoms with Crippen molar-refractivity contribution in [1.82, 2.24) is 19.6 Å². The molecule has 2 aliphatic rings. The molecule has 1 aliphatic heterocycles. The lowest BCUT2D eigenvalue weighted by Crippen LogP contribution is -2.44. The monoisotopic (exact) mass is 332 g/mol. The minimum Gasteiger partial charge on any atom is -0.340 e. The third-order valence-corrected chi connectivity index (χ3v) is 5.95. The van der Waals surface area contributed by atoms with Crippen LogP contribution in [0.5, 0.6) is 0 Å². The number of aryl methyl sites for hydroxylation is 2. The lowest BCUT2D eigenvalue weighted by atomic mass is 9.90. The van der Waals surface area contributed by atoms with Gasteiger partial charge in [-0.2, -0.15) is 5.10 Å². The molecule has 0 radical (unpaired) electrons. The summed E-state index contributed by atoms with van der Waals surface area (Å²) in [4.78, 5) is 17.1. The van der Waals surface area contributed by atoms with E-state index in [1.165, 1.54) is 58.0 Å². The molecular weight excluding hydrogens is 300 g/mol. The molecule has 1 aromatic rings. The molecule has 0 bridgehead atoms. The maximum absolute atomic E-state index is 12.5. The second kappa shape index (κ2) is 7.68. The van der Waals surface area contributed by atoms with E-state index in [2.05, 4.69) is 10.00 Å². The van der Waals surface area contributed by atoms with Crippen LogP contribution in [0.3, 0.4) is 0 Å². The van der Waals surface area contributed by atoms with Crippen LogP contribution < -0.4 is 0 Å². The maximum Gasteiger partial charge on any atom is 0.274 e. The number of amides is 1. The van der Waals surface area contributed by atoms with Gasteiger partial charge in [0.05, 0.1) is 0 Å². The second-order valence-electron chi connectivity index (χ2n) is 7.75. The molecule has 1 amide bonds. The lowest BCUT2D eigenvalue weighted by Gasteiger charge is -2.40. The molecular formula is C19H32N4O. The Hall–Kier alpha value is -1.36. The molecule has 1 saturated heterocycles. The zero-order valence-electron chi connectivity index (χ0n) is 15.5. The average molecular weight is 332 g/mol. The number of piperidine rings is 1. The Morgan fingerprint density at radius 1 is 1.21 bits per heavy atom. The van der Waals surface area contributed by atoms with Gasteiger partial charge in [0.25, 0.3) is 5.91 Å². The number of likely N-dealkylation sites (tertiary alicyclic amines) is 1. The SMILES string of the molecule is Cc1cc(C(=O)N(C)CC2CCN(C3CCCCC3)CC2)nn1C. The van der Waals surface area contributed by atoms with E-state index >= 15 is 0 Å². The van der Waals surface area contributed by atoms with E-state index in [1.54, 1.807) is 4.68 Å². The molecule has 1 aliphatic carbocycles. The second-order valence-corrected chi connectivity index (χ2v) is 7.75. The number of carbonyl (C=O) groups excluding carboxylic acids is 1. The number of nitrogens with zero attached hydrogens (tertiary/aromatic N) is 4. The van der Waals surface area contributed by atoms with Crippen LogP contribution in [0, 0.1) is 12.8 Å². The summed E-state index contributed by atoms with van der Waals surface area (Å²) in [5.41, 5.74) is 1.59. The first kappa shape index (κ1) is 17.5. The highest BCUT2D eigenvalue weighted by Crippen LogP contribution is 2.27. The van der Waals surface area contributed by atoms with E-state index in [9.17, 15) is 4.79 Å². The quantitative estimate of drug-likeness (QED) is 0.851. The van der Waals surface area contributed by atoms with Crippen molar-refractivity contribution in [3.8, 4) is 0 Å². The van der Waals surface area contributed by atoms with Crippen LogP contribution in [0.25, 0.3) is 0 Å². The minimum absolute atomic E-state index is 0.0495. The molecule has 5 heteroatoms. The van der Waals surface area contributed by atoms with Crippen molar-refractivity contribution in [3.05, 3.63) is 17.5 Å². The van der Waals surface area contributed by atoms with Gasteiger partial charge in [0, 0.05) is 32.4 Å². The van der Waals surface area contributed by atoms with Crippen LogP contribution in [0.4, 0.5) is 0 Å². The highest BCUT2D eigenvalue weighted by atomic mass is 16.2. The van der Waals surface area contributed by atoms with E-state index in [0.29, 0.717) is 11.6 Å². The summed E-state index contributed by atoms with van der Waals surface area (Å²) in [6.45, 7) is 5.25. The zero-order chi connectivity index (χ0) is 17.1. The summed E-state index contributed by atoms with van der Waals surface area (Å²) in [5, 5.41) is 4.31. The number of hydrogen-bond acceptors (Lipinski definition) is 3. The Balaban J connectivity index is 1.47. The first-order valence-electron chi connectivity index (χ1n) is 9.54. The van der Waals surface area contributed by atoms with E-state index in [-0.39, 0.29) is 5.91 Å². The first-order chi connectivity index (χ1) is 11.5. The van der Waals surface area contributed by atoms with Crippen LogP contribution >= 0.6 is 0 Å². The largest absolute Gasteiger partial charge is 0.340 e. The highest BCUT2D eigenvalue weighted by molar-refractivity contribution is 5.92. The molecule has 5 nitrogen and oxygen atoms in total. The van der Waals surface area contributed by atoms with E-state index in [0.717, 1.165) is 18.3 Å². The standard InChI is InChI=1S/C19H32N4O/c1-15-13-18(20-22(15)3)19(24)21(2)14-16-9-11-23(12-10-16)17-7-5-4-6-8-17/h13,16-17H,4-12,14H2,1-3H3. The highest BCUT2D eigenvalue weighted by Gasteiger charge is 2.27. The molecule has 2 fully saturated rings. The van der Waals surface area contributed by atoms with Gasteiger partial charge >= 0.3 is 0 Å². The van der Waals surface area contributed by atoms with Gasteiger partial charge in [-0.15, -0.1) is 0 Å². The van der Waals surface area contributed by atoms with Crippen LogP contribution in [-0.4, -0.2) is 58.2 Å². The van der Waals surface area contributed by atoms with Crippen LogP contribution in [0.1, 0.15) is 61.1 Å². The molecule has 3 rings (SSSR count). The van der Waals surface area contributed by atoms with E-state index in [1.807, 2.05) is 32.0 Å². The lowest BCUT2D eigenvalue weighted by molar-refractivity contribution is 0.0684. The van der Waals surface area contributed by atoms with Gasteiger partial charge < -0.3 is 9.80 Å². The molecule has 24 heavy (non-hydrogen) atoms. The maximum atomic E-state index is 12.5. The van der Waals surface area contributed by atoms with Crippen molar-refractivity contribution in [2.75, 3.05) is 26.7 Å². The number of carbonyl (C=O) groups is 1. The summed E-state index contributed by atoms with van der Waals surface area (Å²) in [6, 6.07) is 2.71. The normalized spacial score (nSPS) is 21.1. The van der Waals surface area contributed by atoms with Gasteiger partial charge in [-0.1, -0.05) is 19.3 Å². The van der Waals surface area contributed by atoms with E-state index in [4.69, 9.17) is 0 Å². The van der Waals surface area contributed by atoms with Crippen molar-refractivity contribution in [2.24, 2.45) is 13.0 Å². The van der Waals surface area contributed by atoms with Crippen LogP contribution in [0.15, 0.2) is 6.07 Å². The Labute approximate surface area is 146 Å². The van der Waals surface area contributed by atoms with Crippen molar-refractivity contribution in [1.29, 1.82) is 0 Å². The molecule has 0 N–H and O–H groups in total. The fraction of sp³-hybridized carbons (Fsp3) is 0.789. The molecule has 2 heterocycles. The minimum atomic E-state index is 0.0495. The van der Waals surface area contributed by atoms with E-state index < -0.39 is 0 Å². The summed E-state index contributed by atoms with van der Waals surface area (Å²) in [7, 11) is 3.80. The van der Waals surface area contributed by atoms with Crippen molar-refractivity contribution in [2.45, 2.75) is 57.9 Å². The fourth-order valence-corrected chi connectivity index (χ4v) is 4.28. The molecule has 134 valence electrons. The summed E-state index contributed by atoms with van der Waals surface area (Å²) in [6.07, 6.45) is 9.46. The van der Waals surface area contributed by atoms with Gasteiger partial charge in [0.15, 0.2) is 5.69 Å². The predicted octanol–water partition coefficient (Wildman–Crippen LogP) is 2.85. The van der Waals surface area contributed by atoms with Gasteiger partial charge in [-0.3, -0.25) is 9.48 Å². The van der Waals surface area contributed by atoms with Gasteiger partial charge in [-0.05, 0) is 57.7 Å². The van der Waals surface area contributed by atoms with Gasteiger partial charge in [-0.25, -0.2) is 0 Å². The average Bonchev–Trinajstić information content (AvgIpc) is 2.94. The summed E-state index contributed by atoms with van der Waals surface area (Å²) >= 11 is 0. The molecule has 0 atom stereocenters. The first-order valence-corrected chi connectivity index (χ1v) is 9.54. The van der Waals surface area contributed by atoms with Gasteiger partial charge in [0.2, 0.25) is 0 Å². The van der Waals surface area contributed by atoms with Gasteiger partial charge in [0.1, 0.15) is 0 Å². The number of hydrogen-bond donors (Lipinski definition) is 0. The van der Waals surface area contributed by atoms with Crippen molar-refractivity contribution >= 4 is 5.91 Å². The third kappa shape index (κ3) is 4.00. The summed E-state index contributed by atoms with van der Waals surface area (Å²) < 4.78 is 1.77. The molecule has 0 unspecified atom stereocenters. The van der Waals surface area contributed by atoms with Crippen molar-refractivity contribution < 1.29 is 4.79 Å². The van der Waals surface area contributed by atoms with Crippen LogP contribution in [-0.2, 0) is 7.05 Å². The Bertz CT molecular complexity index is 534. The Morgan fingerprint density at radius 3 is 2.46 bits per heavy atom. The molecule has 1 aromatic heterocycles. The number of rotatable bonds is 4. The third-order valence-electron chi connectivity index (χ3n) is 5.95. The molecule has 1 saturated carbocycles. The smallest absolute Gasteiger partial charge is 0.274 e. The molecule has 0 aromatic carbocycles. The predicted molar refractivity (Wildman–Crippen MR) is 96.1 cm³/mol. The topological polar surface area (TPSA) is 41.4 Å². The molecule has 0 spiro atoms. The zero-order valence-corrected chi connectivity index (χ0v) is 15.5. The number of aromatic nitrogens is 2.